The predicted octanol–water partition coefficient (Wildman–Crippen LogP) is 1.83. The maximum atomic E-state index is 10.8. The highest BCUT2D eigenvalue weighted by Gasteiger charge is 2.11. The minimum atomic E-state index is -0.570. The van der Waals surface area contributed by atoms with Crippen molar-refractivity contribution in [2.24, 2.45) is 0 Å². The molecule has 1 rings (SSSR count). The lowest BCUT2D eigenvalue weighted by molar-refractivity contribution is 0.0707. The number of rotatable bonds is 1. The Labute approximate surface area is 72.6 Å². The predicted molar refractivity (Wildman–Crippen MR) is 43.3 cm³/mol. The van der Waals surface area contributed by atoms with E-state index in [0.717, 1.165) is 4.88 Å². The molecule has 0 bridgehead atoms. The van der Waals surface area contributed by atoms with Gasteiger partial charge in [0.1, 0.15) is 4.34 Å². The third-order valence-corrected chi connectivity index (χ3v) is 2.43. The molecule has 1 aromatic heterocycles. The molecule has 0 aliphatic heterocycles. The van der Waals surface area contributed by atoms with Gasteiger partial charge < -0.3 is 0 Å². The van der Waals surface area contributed by atoms with Gasteiger partial charge in [0, 0.05) is 4.88 Å². The van der Waals surface area contributed by atoms with Crippen LogP contribution in [0.5, 0.6) is 0 Å². The molecule has 1 heterocycles. The molecule has 0 aliphatic rings. The van der Waals surface area contributed by atoms with Crippen molar-refractivity contribution in [2.45, 2.75) is 6.92 Å². The number of aryl methyl sites for hydroxylation is 1. The van der Waals surface area contributed by atoms with Crippen LogP contribution in [0.15, 0.2) is 6.07 Å². The first-order valence-corrected chi connectivity index (χ1v) is 4.05. The zero-order valence-corrected chi connectivity index (χ0v) is 7.29. The number of hydrogen-bond acceptors (Lipinski definition) is 3. The molecule has 0 unspecified atom stereocenters. The lowest BCUT2D eigenvalue weighted by Gasteiger charge is -1.92. The molecule has 0 radical (unpaired) electrons. The molecule has 1 amide bonds. The second-order valence-corrected chi connectivity index (χ2v) is 3.84. The molecule has 1 aromatic rings. The molecule has 3 nitrogen and oxygen atoms in total. The molecule has 11 heavy (non-hydrogen) atoms. The van der Waals surface area contributed by atoms with E-state index in [9.17, 15) is 4.79 Å². The van der Waals surface area contributed by atoms with Crippen LogP contribution in [0.3, 0.4) is 0 Å². The molecular formula is C6H6ClNO2S. The molecule has 0 atom stereocenters. The topological polar surface area (TPSA) is 49.3 Å². The number of thiophene rings is 1. The van der Waals surface area contributed by atoms with Crippen molar-refractivity contribution < 1.29 is 10.0 Å². The van der Waals surface area contributed by atoms with Gasteiger partial charge in [0.25, 0.3) is 5.91 Å². The average molecular weight is 192 g/mol. The zero-order valence-electron chi connectivity index (χ0n) is 5.72. The summed E-state index contributed by atoms with van der Waals surface area (Å²) in [4.78, 5) is 11.7. The molecule has 0 saturated heterocycles. The second kappa shape index (κ2) is 3.21. The number of hydrogen-bond donors (Lipinski definition) is 2. The van der Waals surface area contributed by atoms with Crippen LogP contribution in [0.25, 0.3) is 0 Å². The van der Waals surface area contributed by atoms with Gasteiger partial charge in [-0.15, -0.1) is 11.3 Å². The zero-order chi connectivity index (χ0) is 8.43. The summed E-state index contributed by atoms with van der Waals surface area (Å²) in [7, 11) is 0. The van der Waals surface area contributed by atoms with E-state index in [4.69, 9.17) is 16.8 Å². The van der Waals surface area contributed by atoms with E-state index >= 15 is 0 Å². The molecule has 0 aromatic carbocycles. The molecule has 0 aliphatic carbocycles. The third-order valence-electron chi connectivity index (χ3n) is 1.16. The van der Waals surface area contributed by atoms with Crippen molar-refractivity contribution in [2.75, 3.05) is 0 Å². The van der Waals surface area contributed by atoms with Gasteiger partial charge in [-0.25, -0.2) is 5.48 Å². The Morgan fingerprint density at radius 1 is 1.82 bits per heavy atom. The van der Waals surface area contributed by atoms with Gasteiger partial charge in [-0.2, -0.15) is 0 Å². The Hall–Kier alpha value is -0.580. The maximum Gasteiger partial charge on any atom is 0.277 e. The summed E-state index contributed by atoms with van der Waals surface area (Å²) in [5, 5.41) is 8.27. The molecule has 60 valence electrons. The average Bonchev–Trinajstić information content (AvgIpc) is 2.28. The lowest BCUT2D eigenvalue weighted by Crippen LogP contribution is -2.17. The molecular weight excluding hydrogens is 186 g/mol. The standard InChI is InChI=1S/C6H6ClNO2S/c1-3-2-4(5(7)11-3)6(9)8-10/h2,10H,1H3,(H,8,9). The number of halogens is 1. The normalized spacial score (nSPS) is 9.73. The fourth-order valence-corrected chi connectivity index (χ4v) is 1.93. The maximum absolute atomic E-state index is 10.8. The molecule has 2 N–H and O–H groups in total. The van der Waals surface area contributed by atoms with Gasteiger partial charge in [0.05, 0.1) is 5.56 Å². The Morgan fingerprint density at radius 3 is 2.82 bits per heavy atom. The van der Waals surface area contributed by atoms with Gasteiger partial charge in [-0.05, 0) is 13.0 Å². The number of amides is 1. The van der Waals surface area contributed by atoms with Crippen molar-refractivity contribution in [1.29, 1.82) is 0 Å². The van der Waals surface area contributed by atoms with E-state index in [2.05, 4.69) is 0 Å². The smallest absolute Gasteiger partial charge is 0.277 e. The fourth-order valence-electron chi connectivity index (χ4n) is 0.701. The van der Waals surface area contributed by atoms with E-state index in [0.29, 0.717) is 9.90 Å². The van der Waals surface area contributed by atoms with Gasteiger partial charge in [0.2, 0.25) is 0 Å². The number of carbonyl (C=O) groups excluding carboxylic acids is 1. The van der Waals surface area contributed by atoms with E-state index in [1.807, 2.05) is 6.92 Å². The Morgan fingerprint density at radius 2 is 2.45 bits per heavy atom. The molecule has 0 fully saturated rings. The highest BCUT2D eigenvalue weighted by molar-refractivity contribution is 7.16. The van der Waals surface area contributed by atoms with Gasteiger partial charge >= 0.3 is 0 Å². The summed E-state index contributed by atoms with van der Waals surface area (Å²) in [6.45, 7) is 1.84. The fraction of sp³-hybridized carbons (Fsp3) is 0.167. The summed E-state index contributed by atoms with van der Waals surface area (Å²) in [5.74, 6) is -0.570. The Kier molecular flexibility index (Phi) is 2.49. The molecule has 5 heteroatoms. The van der Waals surface area contributed by atoms with Crippen LogP contribution in [-0.4, -0.2) is 11.1 Å². The van der Waals surface area contributed by atoms with Crippen LogP contribution in [0.4, 0.5) is 0 Å². The van der Waals surface area contributed by atoms with Gasteiger partial charge in [0.15, 0.2) is 0 Å². The monoisotopic (exact) mass is 191 g/mol. The van der Waals surface area contributed by atoms with Crippen molar-refractivity contribution in [1.82, 2.24) is 5.48 Å². The minimum absolute atomic E-state index is 0.316. The minimum Gasteiger partial charge on any atom is -0.288 e. The summed E-state index contributed by atoms with van der Waals surface area (Å²) in [5.41, 5.74) is 1.84. The molecule has 0 saturated carbocycles. The first-order chi connectivity index (χ1) is 5.15. The lowest BCUT2D eigenvalue weighted by atomic mass is 10.3. The highest BCUT2D eigenvalue weighted by Crippen LogP contribution is 2.26. The second-order valence-electron chi connectivity index (χ2n) is 1.99. The van der Waals surface area contributed by atoms with Crippen molar-refractivity contribution in [3.05, 3.63) is 20.8 Å². The van der Waals surface area contributed by atoms with Crippen LogP contribution in [0.1, 0.15) is 15.2 Å². The largest absolute Gasteiger partial charge is 0.288 e. The quantitative estimate of drug-likeness (QED) is 0.526. The number of hydroxylamine groups is 1. The van der Waals surface area contributed by atoms with E-state index in [1.54, 1.807) is 6.07 Å². The number of nitrogens with one attached hydrogen (secondary N) is 1. The Bertz CT molecular complexity index is 284. The van der Waals surface area contributed by atoms with Gasteiger partial charge in [-0.1, -0.05) is 11.6 Å². The van der Waals surface area contributed by atoms with Crippen LogP contribution in [-0.2, 0) is 0 Å². The summed E-state index contributed by atoms with van der Waals surface area (Å²) in [6, 6.07) is 1.62. The van der Waals surface area contributed by atoms with Crippen LogP contribution >= 0.6 is 22.9 Å². The number of carbonyl (C=O) groups is 1. The van der Waals surface area contributed by atoms with Gasteiger partial charge in [-0.3, -0.25) is 10.0 Å². The first kappa shape index (κ1) is 8.52. The van der Waals surface area contributed by atoms with Crippen LogP contribution in [0.2, 0.25) is 4.34 Å². The van der Waals surface area contributed by atoms with Crippen molar-refractivity contribution >= 4 is 28.8 Å². The van der Waals surface area contributed by atoms with E-state index in [1.165, 1.54) is 16.8 Å². The highest BCUT2D eigenvalue weighted by atomic mass is 35.5. The first-order valence-electron chi connectivity index (χ1n) is 2.85. The summed E-state index contributed by atoms with van der Waals surface area (Å²) in [6.07, 6.45) is 0. The summed E-state index contributed by atoms with van der Waals surface area (Å²) < 4.78 is 0.397. The third kappa shape index (κ3) is 1.71. The van der Waals surface area contributed by atoms with Crippen molar-refractivity contribution in [3.8, 4) is 0 Å². The Balaban J connectivity index is 3.03. The van der Waals surface area contributed by atoms with Crippen molar-refractivity contribution in [3.63, 3.8) is 0 Å². The van der Waals surface area contributed by atoms with Crippen LogP contribution < -0.4 is 5.48 Å². The van der Waals surface area contributed by atoms with E-state index in [-0.39, 0.29) is 0 Å². The SMILES string of the molecule is Cc1cc(C(=O)NO)c(Cl)s1. The van der Waals surface area contributed by atoms with Crippen LogP contribution in [0, 0.1) is 6.92 Å². The summed E-state index contributed by atoms with van der Waals surface area (Å²) >= 11 is 6.97. The van der Waals surface area contributed by atoms with E-state index < -0.39 is 5.91 Å². The molecule has 0 spiro atoms.